The SMILES string of the molecule is COCC(C)NC(=O)CCCNC(=O)c1ccc(F)cc1F. The third-order valence-corrected chi connectivity index (χ3v) is 2.87. The van der Waals surface area contributed by atoms with Gasteiger partial charge in [-0.15, -0.1) is 0 Å². The maximum absolute atomic E-state index is 13.4. The second-order valence-corrected chi connectivity index (χ2v) is 4.91. The normalized spacial score (nSPS) is 11.8. The van der Waals surface area contributed by atoms with Crippen LogP contribution in [0.5, 0.6) is 0 Å². The van der Waals surface area contributed by atoms with Crippen molar-refractivity contribution in [3.8, 4) is 0 Å². The zero-order valence-electron chi connectivity index (χ0n) is 12.6. The molecule has 0 bridgehead atoms. The third kappa shape index (κ3) is 6.17. The van der Waals surface area contributed by atoms with Gasteiger partial charge in [-0.25, -0.2) is 8.78 Å². The molecular weight excluding hydrogens is 294 g/mol. The van der Waals surface area contributed by atoms with Crippen LogP contribution in [-0.4, -0.2) is 38.1 Å². The summed E-state index contributed by atoms with van der Waals surface area (Å²) in [5, 5.41) is 5.22. The average Bonchev–Trinajstić information content (AvgIpc) is 2.43. The van der Waals surface area contributed by atoms with E-state index in [1.54, 1.807) is 7.11 Å². The molecule has 0 aromatic heterocycles. The molecule has 2 amide bonds. The van der Waals surface area contributed by atoms with Crippen molar-refractivity contribution in [2.45, 2.75) is 25.8 Å². The van der Waals surface area contributed by atoms with Gasteiger partial charge in [-0.2, -0.15) is 0 Å². The predicted molar refractivity (Wildman–Crippen MR) is 77.4 cm³/mol. The van der Waals surface area contributed by atoms with E-state index in [0.717, 1.165) is 12.1 Å². The molecule has 0 saturated carbocycles. The summed E-state index contributed by atoms with van der Waals surface area (Å²) < 4.78 is 31.0. The number of hydrogen-bond donors (Lipinski definition) is 2. The number of carbonyl (C=O) groups is 2. The molecule has 0 aliphatic carbocycles. The lowest BCUT2D eigenvalue weighted by Gasteiger charge is -2.12. The Hall–Kier alpha value is -2.02. The lowest BCUT2D eigenvalue weighted by molar-refractivity contribution is -0.122. The van der Waals surface area contributed by atoms with Crippen molar-refractivity contribution in [1.29, 1.82) is 0 Å². The number of ether oxygens (including phenoxy) is 1. The van der Waals surface area contributed by atoms with E-state index in [-0.39, 0.29) is 30.5 Å². The molecule has 2 N–H and O–H groups in total. The molecule has 0 spiro atoms. The summed E-state index contributed by atoms with van der Waals surface area (Å²) in [6, 6.07) is 2.67. The highest BCUT2D eigenvalue weighted by atomic mass is 19.1. The Kier molecular flexibility index (Phi) is 7.45. The molecule has 5 nitrogen and oxygen atoms in total. The highest BCUT2D eigenvalue weighted by Crippen LogP contribution is 2.09. The van der Waals surface area contributed by atoms with Gasteiger partial charge in [0.05, 0.1) is 12.2 Å². The number of amides is 2. The second-order valence-electron chi connectivity index (χ2n) is 4.91. The summed E-state index contributed by atoms with van der Waals surface area (Å²) in [5.74, 6) is -2.43. The number of rotatable bonds is 8. The van der Waals surface area contributed by atoms with Gasteiger partial charge in [0, 0.05) is 32.2 Å². The van der Waals surface area contributed by atoms with Crippen LogP contribution in [0.1, 0.15) is 30.1 Å². The minimum atomic E-state index is -0.913. The minimum Gasteiger partial charge on any atom is -0.383 e. The first-order valence-corrected chi connectivity index (χ1v) is 6.95. The molecule has 7 heteroatoms. The van der Waals surface area contributed by atoms with Gasteiger partial charge in [-0.3, -0.25) is 9.59 Å². The van der Waals surface area contributed by atoms with E-state index in [2.05, 4.69) is 10.6 Å². The molecule has 0 heterocycles. The molecule has 22 heavy (non-hydrogen) atoms. The molecule has 122 valence electrons. The molecule has 1 aromatic rings. The molecule has 1 atom stereocenters. The van der Waals surface area contributed by atoms with Crippen LogP contribution in [0.3, 0.4) is 0 Å². The summed E-state index contributed by atoms with van der Waals surface area (Å²) in [6.07, 6.45) is 0.653. The molecule has 0 saturated heterocycles. The topological polar surface area (TPSA) is 67.4 Å². The number of benzene rings is 1. The first-order valence-electron chi connectivity index (χ1n) is 6.95. The maximum atomic E-state index is 13.4. The largest absolute Gasteiger partial charge is 0.383 e. The van der Waals surface area contributed by atoms with Gasteiger partial charge in [0.2, 0.25) is 5.91 Å². The van der Waals surface area contributed by atoms with Crippen LogP contribution in [-0.2, 0) is 9.53 Å². The van der Waals surface area contributed by atoms with Crippen molar-refractivity contribution < 1.29 is 23.1 Å². The van der Waals surface area contributed by atoms with E-state index < -0.39 is 17.5 Å². The van der Waals surface area contributed by atoms with Crippen molar-refractivity contribution in [3.05, 3.63) is 35.4 Å². The van der Waals surface area contributed by atoms with E-state index >= 15 is 0 Å². The van der Waals surface area contributed by atoms with Gasteiger partial charge in [0.25, 0.3) is 5.91 Å². The Morgan fingerprint density at radius 3 is 2.68 bits per heavy atom. The fraction of sp³-hybridized carbons (Fsp3) is 0.467. The predicted octanol–water partition coefficient (Wildman–Crippen LogP) is 1.63. The van der Waals surface area contributed by atoms with E-state index in [4.69, 9.17) is 4.74 Å². The number of nitrogens with one attached hydrogen (secondary N) is 2. The first-order chi connectivity index (χ1) is 10.4. The molecule has 0 aliphatic heterocycles. The molecule has 0 aliphatic rings. The summed E-state index contributed by atoms with van der Waals surface area (Å²) >= 11 is 0. The van der Waals surface area contributed by atoms with E-state index in [1.807, 2.05) is 6.92 Å². The van der Waals surface area contributed by atoms with Gasteiger partial charge < -0.3 is 15.4 Å². The summed E-state index contributed by atoms with van der Waals surface area (Å²) in [5.41, 5.74) is -0.223. The van der Waals surface area contributed by atoms with Gasteiger partial charge in [-0.1, -0.05) is 0 Å². The Morgan fingerprint density at radius 1 is 1.32 bits per heavy atom. The second kappa shape index (κ2) is 9.09. The molecule has 1 unspecified atom stereocenters. The summed E-state index contributed by atoms with van der Waals surface area (Å²) in [6.45, 7) is 2.47. The monoisotopic (exact) mass is 314 g/mol. The van der Waals surface area contributed by atoms with Crippen molar-refractivity contribution in [2.75, 3.05) is 20.3 Å². The number of hydrogen-bond acceptors (Lipinski definition) is 3. The number of methoxy groups -OCH3 is 1. The zero-order valence-corrected chi connectivity index (χ0v) is 12.6. The standard InChI is InChI=1S/C15H20F2N2O3/c1-10(9-22-2)19-14(20)4-3-7-18-15(21)12-6-5-11(16)8-13(12)17/h5-6,8,10H,3-4,7,9H2,1-2H3,(H,18,21)(H,19,20). The smallest absolute Gasteiger partial charge is 0.254 e. The van der Waals surface area contributed by atoms with Gasteiger partial charge >= 0.3 is 0 Å². The lowest BCUT2D eigenvalue weighted by Crippen LogP contribution is -2.36. The van der Waals surface area contributed by atoms with Crippen molar-refractivity contribution >= 4 is 11.8 Å². The molecule has 1 rings (SSSR count). The van der Waals surface area contributed by atoms with Crippen LogP contribution < -0.4 is 10.6 Å². The first kappa shape index (κ1) is 18.0. The van der Waals surface area contributed by atoms with Crippen LogP contribution in [0.15, 0.2) is 18.2 Å². The van der Waals surface area contributed by atoms with Crippen LogP contribution in [0, 0.1) is 11.6 Å². The molecular formula is C15H20F2N2O3. The van der Waals surface area contributed by atoms with E-state index in [9.17, 15) is 18.4 Å². The molecule has 0 fully saturated rings. The van der Waals surface area contributed by atoms with Crippen molar-refractivity contribution in [3.63, 3.8) is 0 Å². The summed E-state index contributed by atoms with van der Waals surface area (Å²) in [7, 11) is 1.55. The minimum absolute atomic E-state index is 0.0830. The highest BCUT2D eigenvalue weighted by molar-refractivity contribution is 5.94. The van der Waals surface area contributed by atoms with Crippen LogP contribution in [0.2, 0.25) is 0 Å². The zero-order chi connectivity index (χ0) is 16.5. The van der Waals surface area contributed by atoms with Crippen molar-refractivity contribution in [1.82, 2.24) is 10.6 Å². The van der Waals surface area contributed by atoms with Gasteiger partial charge in [0.15, 0.2) is 0 Å². The molecule has 1 aromatic carbocycles. The Balaban J connectivity index is 2.29. The Labute approximate surface area is 128 Å². The van der Waals surface area contributed by atoms with Gasteiger partial charge in [-0.05, 0) is 25.5 Å². The average molecular weight is 314 g/mol. The Bertz CT molecular complexity index is 524. The van der Waals surface area contributed by atoms with Gasteiger partial charge in [0.1, 0.15) is 11.6 Å². The summed E-state index contributed by atoms with van der Waals surface area (Å²) in [4.78, 5) is 23.2. The Morgan fingerprint density at radius 2 is 2.05 bits per heavy atom. The quantitative estimate of drug-likeness (QED) is 0.717. The maximum Gasteiger partial charge on any atom is 0.254 e. The molecule has 0 radical (unpaired) electrons. The fourth-order valence-electron chi connectivity index (χ4n) is 1.86. The fourth-order valence-corrected chi connectivity index (χ4v) is 1.86. The lowest BCUT2D eigenvalue weighted by atomic mass is 10.2. The van der Waals surface area contributed by atoms with Crippen LogP contribution in [0.25, 0.3) is 0 Å². The van der Waals surface area contributed by atoms with Crippen molar-refractivity contribution in [2.24, 2.45) is 0 Å². The number of halogens is 2. The highest BCUT2D eigenvalue weighted by Gasteiger charge is 2.12. The van der Waals surface area contributed by atoms with Crippen LogP contribution >= 0.6 is 0 Å². The number of carbonyl (C=O) groups excluding carboxylic acids is 2. The van der Waals surface area contributed by atoms with E-state index in [0.29, 0.717) is 19.1 Å². The third-order valence-electron chi connectivity index (χ3n) is 2.87. The van der Waals surface area contributed by atoms with Crippen LogP contribution in [0.4, 0.5) is 8.78 Å². The van der Waals surface area contributed by atoms with E-state index in [1.165, 1.54) is 0 Å².